The van der Waals surface area contributed by atoms with E-state index in [0.717, 1.165) is 12.1 Å². The quantitative estimate of drug-likeness (QED) is 0.412. The monoisotopic (exact) mass is 514 g/mol. The Morgan fingerprint density at radius 3 is 2.53 bits per heavy atom. The summed E-state index contributed by atoms with van der Waals surface area (Å²) in [5, 5.41) is 8.77. The summed E-state index contributed by atoms with van der Waals surface area (Å²) in [4.78, 5) is 24.8. The summed E-state index contributed by atoms with van der Waals surface area (Å²) in [5.41, 5.74) is -0.294. The number of primary sulfonamides is 1. The average Bonchev–Trinajstić information content (AvgIpc) is 3.23. The third-order valence-corrected chi connectivity index (χ3v) is 6.37. The number of aromatic nitrogens is 2. The first-order valence-corrected chi connectivity index (χ1v) is 11.9. The zero-order chi connectivity index (χ0) is 24.8. The Labute approximate surface area is 194 Å². The molecule has 4 rings (SSSR count). The van der Waals surface area contributed by atoms with Gasteiger partial charge in [0.05, 0.1) is 28.7 Å². The normalized spacial score (nSPS) is 16.3. The number of rotatable bonds is 5. The van der Waals surface area contributed by atoms with Crippen molar-refractivity contribution in [3.63, 3.8) is 0 Å². The van der Waals surface area contributed by atoms with Crippen molar-refractivity contribution in [1.29, 1.82) is 0 Å². The molecule has 0 spiro atoms. The van der Waals surface area contributed by atoms with Gasteiger partial charge in [0.1, 0.15) is 11.7 Å². The van der Waals surface area contributed by atoms with Crippen molar-refractivity contribution < 1.29 is 35.6 Å². The second kappa shape index (κ2) is 8.52. The Balaban J connectivity index is 1.62. The second-order valence-corrected chi connectivity index (χ2v) is 9.90. The van der Waals surface area contributed by atoms with Gasteiger partial charge in [0.25, 0.3) is 11.1 Å². The van der Waals surface area contributed by atoms with E-state index in [4.69, 9.17) is 5.14 Å². The Hall–Kier alpha value is -3.23. The van der Waals surface area contributed by atoms with Gasteiger partial charge >= 0.3 is 6.18 Å². The van der Waals surface area contributed by atoms with Crippen LogP contribution in [0.3, 0.4) is 0 Å². The minimum atomic E-state index is -4.74. The van der Waals surface area contributed by atoms with Crippen LogP contribution >= 0.6 is 11.8 Å². The predicted octanol–water partition coefficient (Wildman–Crippen LogP) is 3.52. The maximum atomic E-state index is 13.4. The Kier molecular flexibility index (Phi) is 5.99. The Morgan fingerprint density at radius 2 is 1.85 bits per heavy atom. The molecule has 2 heterocycles. The largest absolute Gasteiger partial charge is 0.416 e. The molecule has 14 heteroatoms. The first-order valence-electron chi connectivity index (χ1n) is 9.39. The molecule has 2 aromatic carbocycles. The van der Waals surface area contributed by atoms with E-state index in [2.05, 4.69) is 5.10 Å². The molecule has 2 N–H and O–H groups in total. The highest BCUT2D eigenvalue weighted by Crippen LogP contribution is 2.34. The zero-order valence-corrected chi connectivity index (χ0v) is 18.5. The van der Waals surface area contributed by atoms with Crippen LogP contribution in [0.4, 0.5) is 22.4 Å². The third kappa shape index (κ3) is 4.98. The van der Waals surface area contributed by atoms with Crippen molar-refractivity contribution >= 4 is 49.9 Å². The van der Waals surface area contributed by atoms with Crippen LogP contribution in [0.2, 0.25) is 0 Å². The number of imide groups is 1. The predicted molar refractivity (Wildman–Crippen MR) is 116 cm³/mol. The highest BCUT2D eigenvalue weighted by Gasteiger charge is 2.37. The maximum absolute atomic E-state index is 13.4. The van der Waals surface area contributed by atoms with Crippen LogP contribution in [-0.4, -0.2) is 40.1 Å². The molecule has 0 saturated carbocycles. The van der Waals surface area contributed by atoms with Gasteiger partial charge in [-0.1, -0.05) is 12.1 Å². The van der Waals surface area contributed by atoms with Gasteiger partial charge in [-0.2, -0.15) is 18.3 Å². The van der Waals surface area contributed by atoms with Gasteiger partial charge in [0.15, 0.2) is 0 Å². The molecule has 3 aromatic rings. The zero-order valence-electron chi connectivity index (χ0n) is 16.9. The van der Waals surface area contributed by atoms with E-state index in [1.807, 2.05) is 0 Å². The van der Waals surface area contributed by atoms with E-state index in [1.165, 1.54) is 17.0 Å². The topological polar surface area (TPSA) is 115 Å². The second-order valence-electron chi connectivity index (χ2n) is 7.32. The van der Waals surface area contributed by atoms with Crippen LogP contribution in [0.5, 0.6) is 0 Å². The smallest absolute Gasteiger partial charge is 0.268 e. The van der Waals surface area contributed by atoms with Crippen molar-refractivity contribution in [3.8, 4) is 0 Å². The number of benzene rings is 2. The summed E-state index contributed by atoms with van der Waals surface area (Å²) in [6.45, 7) is -0.260. The number of nitrogens with zero attached hydrogens (tertiary/aromatic N) is 3. The molecular formula is C20H14F4N4O4S2. The average molecular weight is 514 g/mol. The van der Waals surface area contributed by atoms with Gasteiger partial charge in [0.2, 0.25) is 10.0 Å². The van der Waals surface area contributed by atoms with Crippen LogP contribution < -0.4 is 5.14 Å². The Morgan fingerprint density at radius 1 is 1.12 bits per heavy atom. The standard InChI is InChI=1S/C20H14F4N4O4S2/c21-14-3-2-12(15(7-14)20(22,23)24)9-28-16-4-1-11(5-13(16)8-26-28)6-17-18(29)27(19(30)33-17)10-34(25,31)32/h1-8H,9-10H2,(H2,25,31,32). The summed E-state index contributed by atoms with van der Waals surface area (Å²) in [7, 11) is -4.09. The van der Waals surface area contributed by atoms with Gasteiger partial charge in [-0.15, -0.1) is 0 Å². The number of hydrogen-bond acceptors (Lipinski definition) is 6. The number of fused-ring (bicyclic) bond motifs is 1. The molecule has 1 aliphatic rings. The first kappa shape index (κ1) is 23.9. The summed E-state index contributed by atoms with van der Waals surface area (Å²) >= 11 is 0.555. The fourth-order valence-electron chi connectivity index (χ4n) is 3.38. The lowest BCUT2D eigenvalue weighted by atomic mass is 10.1. The minimum Gasteiger partial charge on any atom is -0.268 e. The molecule has 0 atom stereocenters. The van der Waals surface area contributed by atoms with E-state index in [1.54, 1.807) is 18.2 Å². The molecule has 178 valence electrons. The van der Waals surface area contributed by atoms with E-state index in [-0.39, 0.29) is 17.0 Å². The number of alkyl halides is 3. The lowest BCUT2D eigenvalue weighted by molar-refractivity contribution is -0.138. The molecule has 1 fully saturated rings. The first-order chi connectivity index (χ1) is 15.8. The van der Waals surface area contributed by atoms with Crippen LogP contribution in [0.15, 0.2) is 47.5 Å². The number of nitrogens with two attached hydrogens (primary N) is 1. The fraction of sp³-hybridized carbons (Fsp3) is 0.150. The maximum Gasteiger partial charge on any atom is 0.416 e. The molecule has 0 unspecified atom stereocenters. The summed E-state index contributed by atoms with van der Waals surface area (Å²) in [6, 6.07) is 7.15. The van der Waals surface area contributed by atoms with Crippen molar-refractivity contribution in [2.24, 2.45) is 5.14 Å². The fourth-order valence-corrected chi connectivity index (χ4v) is 4.89. The van der Waals surface area contributed by atoms with Gasteiger partial charge < -0.3 is 0 Å². The van der Waals surface area contributed by atoms with Crippen molar-refractivity contribution in [3.05, 3.63) is 70.0 Å². The minimum absolute atomic E-state index is 0.0125. The van der Waals surface area contributed by atoms with Crippen LogP contribution in [0.1, 0.15) is 16.7 Å². The number of carbonyl (C=O) groups is 2. The van der Waals surface area contributed by atoms with Crippen LogP contribution in [-0.2, 0) is 27.5 Å². The summed E-state index contributed by atoms with van der Waals surface area (Å²) < 4.78 is 77.0. The van der Waals surface area contributed by atoms with Gasteiger partial charge in [-0.05, 0) is 53.2 Å². The summed E-state index contributed by atoms with van der Waals surface area (Å²) in [6.07, 6.45) is -1.94. The van der Waals surface area contributed by atoms with E-state index < -0.39 is 44.6 Å². The van der Waals surface area contributed by atoms with Crippen molar-refractivity contribution in [2.75, 3.05) is 5.88 Å². The number of carbonyl (C=O) groups excluding carboxylic acids is 2. The van der Waals surface area contributed by atoms with Crippen LogP contribution in [0.25, 0.3) is 17.0 Å². The van der Waals surface area contributed by atoms with E-state index >= 15 is 0 Å². The van der Waals surface area contributed by atoms with E-state index in [0.29, 0.717) is 39.2 Å². The van der Waals surface area contributed by atoms with Crippen LogP contribution in [0, 0.1) is 5.82 Å². The molecular weight excluding hydrogens is 500 g/mol. The van der Waals surface area contributed by atoms with Crippen molar-refractivity contribution in [2.45, 2.75) is 12.7 Å². The molecule has 8 nitrogen and oxygen atoms in total. The Bertz CT molecular complexity index is 1460. The lowest BCUT2D eigenvalue weighted by Gasteiger charge is -2.13. The van der Waals surface area contributed by atoms with Gasteiger partial charge in [-0.25, -0.2) is 17.9 Å². The number of hydrogen-bond donors (Lipinski definition) is 1. The SMILES string of the molecule is NS(=O)(=O)CN1C(=O)SC(=Cc2ccc3c(cnn3Cc3ccc(F)cc3C(F)(F)F)c2)C1=O. The lowest BCUT2D eigenvalue weighted by Crippen LogP contribution is -2.36. The molecule has 1 aromatic heterocycles. The molecule has 0 aliphatic carbocycles. The molecule has 0 radical (unpaired) electrons. The molecule has 2 amide bonds. The van der Waals surface area contributed by atoms with Crippen molar-refractivity contribution in [1.82, 2.24) is 14.7 Å². The highest BCUT2D eigenvalue weighted by molar-refractivity contribution is 8.18. The molecule has 0 bridgehead atoms. The molecule has 1 saturated heterocycles. The highest BCUT2D eigenvalue weighted by atomic mass is 32.2. The van der Waals surface area contributed by atoms with Gasteiger partial charge in [-0.3, -0.25) is 19.2 Å². The number of amides is 2. The number of sulfonamides is 1. The molecule has 1 aliphatic heterocycles. The van der Waals surface area contributed by atoms with E-state index in [9.17, 15) is 35.6 Å². The number of halogens is 4. The van der Waals surface area contributed by atoms with Gasteiger partial charge in [0, 0.05) is 5.39 Å². The summed E-state index contributed by atoms with van der Waals surface area (Å²) in [5.74, 6) is -2.75. The third-order valence-electron chi connectivity index (χ3n) is 4.84. The number of thioether (sulfide) groups is 1. The molecule has 34 heavy (non-hydrogen) atoms.